The van der Waals surface area contributed by atoms with Gasteiger partial charge in [-0.25, -0.2) is 13.2 Å². The first-order chi connectivity index (χ1) is 13.1. The second-order valence-corrected chi connectivity index (χ2v) is 5.77. The number of aryl methyl sites for hydroxylation is 1. The van der Waals surface area contributed by atoms with Gasteiger partial charge in [0.2, 0.25) is 6.41 Å². The number of halogens is 6. The van der Waals surface area contributed by atoms with Crippen molar-refractivity contribution in [3.63, 3.8) is 0 Å². The fraction of sp³-hybridized carbons (Fsp3) is 0.111. The lowest BCUT2D eigenvalue weighted by Gasteiger charge is -2.19. The largest absolute Gasteiger partial charge is 0.435 e. The Labute approximate surface area is 154 Å². The van der Waals surface area contributed by atoms with Gasteiger partial charge in [-0.3, -0.25) is 14.4 Å². The van der Waals surface area contributed by atoms with Crippen molar-refractivity contribution in [2.75, 3.05) is 4.90 Å². The molecule has 0 unspecified atom stereocenters. The smallest absolute Gasteiger partial charge is 0.281 e. The molecule has 1 aromatic heterocycles. The van der Waals surface area contributed by atoms with E-state index in [4.69, 9.17) is 0 Å². The van der Waals surface area contributed by atoms with E-state index in [2.05, 4.69) is 5.10 Å². The molecule has 0 fully saturated rings. The summed E-state index contributed by atoms with van der Waals surface area (Å²) in [6.45, 7) is 0. The average molecular weight is 399 g/mol. The topological polar surface area (TPSA) is 38.1 Å². The van der Waals surface area contributed by atoms with Gasteiger partial charge in [0.15, 0.2) is 5.69 Å². The number of carbonyl (C=O) groups excluding carboxylic acids is 1. The van der Waals surface area contributed by atoms with Gasteiger partial charge in [0, 0.05) is 18.7 Å². The van der Waals surface area contributed by atoms with E-state index in [-0.39, 0.29) is 29.0 Å². The van der Waals surface area contributed by atoms with Gasteiger partial charge >= 0.3 is 6.18 Å². The van der Waals surface area contributed by atoms with Crippen LogP contribution in [-0.2, 0) is 18.0 Å². The van der Waals surface area contributed by atoms with Gasteiger partial charge in [0.25, 0.3) is 0 Å². The van der Waals surface area contributed by atoms with E-state index in [1.54, 1.807) is 0 Å². The maximum absolute atomic E-state index is 14.6. The number of anilines is 2. The van der Waals surface area contributed by atoms with Crippen LogP contribution in [-0.4, -0.2) is 16.2 Å². The highest BCUT2D eigenvalue weighted by Gasteiger charge is 2.35. The van der Waals surface area contributed by atoms with Gasteiger partial charge in [-0.05, 0) is 36.4 Å². The van der Waals surface area contributed by atoms with Crippen LogP contribution in [0.2, 0.25) is 0 Å². The van der Waals surface area contributed by atoms with E-state index >= 15 is 0 Å². The van der Waals surface area contributed by atoms with Crippen molar-refractivity contribution in [1.82, 2.24) is 9.78 Å². The quantitative estimate of drug-likeness (QED) is 0.466. The monoisotopic (exact) mass is 399 g/mol. The molecule has 3 rings (SSSR count). The molecule has 2 aromatic carbocycles. The lowest BCUT2D eigenvalue weighted by molar-refractivity contribution is -0.141. The Morgan fingerprint density at radius 1 is 1.00 bits per heavy atom. The molecule has 3 aromatic rings. The van der Waals surface area contributed by atoms with Crippen molar-refractivity contribution >= 4 is 17.8 Å². The molecule has 0 aliphatic rings. The van der Waals surface area contributed by atoms with Gasteiger partial charge < -0.3 is 0 Å². The number of rotatable bonds is 4. The molecule has 0 N–H and O–H groups in total. The molecule has 0 radical (unpaired) electrons. The highest BCUT2D eigenvalue weighted by molar-refractivity contribution is 5.87. The Hall–Kier alpha value is -3.30. The number of benzene rings is 2. The molecule has 4 nitrogen and oxygen atoms in total. The number of aromatic nitrogens is 2. The normalized spacial score (nSPS) is 11.5. The first kappa shape index (κ1) is 19.5. The molecule has 0 aliphatic carbocycles. The molecule has 0 bridgehead atoms. The average Bonchev–Trinajstić information content (AvgIpc) is 2.99. The van der Waals surface area contributed by atoms with Crippen LogP contribution in [0.25, 0.3) is 11.3 Å². The van der Waals surface area contributed by atoms with E-state index in [1.165, 1.54) is 13.1 Å². The number of alkyl halides is 3. The molecule has 1 heterocycles. The van der Waals surface area contributed by atoms with Crippen LogP contribution in [0.5, 0.6) is 0 Å². The van der Waals surface area contributed by atoms with E-state index in [0.29, 0.717) is 12.1 Å². The maximum Gasteiger partial charge on any atom is 0.435 e. The summed E-state index contributed by atoms with van der Waals surface area (Å²) in [7, 11) is 1.23. The minimum atomic E-state index is -4.69. The summed E-state index contributed by atoms with van der Waals surface area (Å²) in [5.41, 5.74) is -1.93. The lowest BCUT2D eigenvalue weighted by atomic mass is 10.1. The Morgan fingerprint density at radius 2 is 1.71 bits per heavy atom. The number of amides is 1. The highest BCUT2D eigenvalue weighted by atomic mass is 19.4. The van der Waals surface area contributed by atoms with Crippen molar-refractivity contribution in [3.05, 3.63) is 65.6 Å². The fourth-order valence-electron chi connectivity index (χ4n) is 2.65. The third-order valence-corrected chi connectivity index (χ3v) is 3.95. The summed E-state index contributed by atoms with van der Waals surface area (Å²) in [6, 6.07) is 6.39. The Balaban J connectivity index is 2.03. The minimum absolute atomic E-state index is 0.0972. The van der Waals surface area contributed by atoms with Crippen molar-refractivity contribution < 1.29 is 31.1 Å². The third kappa shape index (κ3) is 3.57. The molecular formula is C18H11F6N3O. The molecule has 1 amide bonds. The van der Waals surface area contributed by atoms with Crippen LogP contribution in [0.4, 0.5) is 37.7 Å². The van der Waals surface area contributed by atoms with Gasteiger partial charge in [0.05, 0.1) is 17.1 Å². The second kappa shape index (κ2) is 7.02. The van der Waals surface area contributed by atoms with Gasteiger partial charge in [-0.1, -0.05) is 0 Å². The van der Waals surface area contributed by atoms with Crippen LogP contribution >= 0.6 is 0 Å². The summed E-state index contributed by atoms with van der Waals surface area (Å²) in [5, 5.41) is 3.31. The second-order valence-electron chi connectivity index (χ2n) is 5.77. The third-order valence-electron chi connectivity index (χ3n) is 3.95. The zero-order chi connectivity index (χ0) is 20.6. The first-order valence-corrected chi connectivity index (χ1v) is 7.72. The fourth-order valence-corrected chi connectivity index (χ4v) is 2.65. The van der Waals surface area contributed by atoms with Crippen molar-refractivity contribution in [1.29, 1.82) is 0 Å². The van der Waals surface area contributed by atoms with Crippen LogP contribution in [0.15, 0.2) is 42.5 Å². The summed E-state index contributed by atoms with van der Waals surface area (Å²) in [6.07, 6.45) is -4.49. The standard InChI is InChI=1S/C18H11F6N3O/c1-26-16(8-17(25-26)18(22,23)24)12-4-3-11(7-13(12)20)27(9-28)15-5-2-10(19)6-14(15)21/h2-9H,1H3. The molecule has 0 atom stereocenters. The van der Waals surface area contributed by atoms with Crippen LogP contribution < -0.4 is 4.90 Å². The molecule has 0 aliphatic heterocycles. The van der Waals surface area contributed by atoms with E-state index in [1.807, 2.05) is 0 Å². The zero-order valence-corrected chi connectivity index (χ0v) is 14.1. The minimum Gasteiger partial charge on any atom is -0.281 e. The van der Waals surface area contributed by atoms with E-state index < -0.39 is 29.3 Å². The highest BCUT2D eigenvalue weighted by Crippen LogP contribution is 2.34. The van der Waals surface area contributed by atoms with E-state index in [0.717, 1.165) is 33.8 Å². The van der Waals surface area contributed by atoms with Crippen molar-refractivity contribution in [2.45, 2.75) is 6.18 Å². The predicted octanol–water partition coefficient (Wildman–Crippen LogP) is 4.82. The van der Waals surface area contributed by atoms with Crippen molar-refractivity contribution in [3.8, 4) is 11.3 Å². The van der Waals surface area contributed by atoms with Crippen LogP contribution in [0.3, 0.4) is 0 Å². The molecule has 28 heavy (non-hydrogen) atoms. The number of carbonyl (C=O) groups is 1. The van der Waals surface area contributed by atoms with Gasteiger partial charge in [-0.15, -0.1) is 0 Å². The zero-order valence-electron chi connectivity index (χ0n) is 14.1. The maximum atomic E-state index is 14.6. The Kier molecular flexibility index (Phi) is 4.88. The number of hydrogen-bond acceptors (Lipinski definition) is 2. The summed E-state index contributed by atoms with van der Waals surface area (Å²) in [5.74, 6) is -2.85. The first-order valence-electron chi connectivity index (χ1n) is 7.72. The molecule has 10 heteroatoms. The van der Waals surface area contributed by atoms with Crippen molar-refractivity contribution in [2.24, 2.45) is 7.05 Å². The molecule has 146 valence electrons. The lowest BCUT2D eigenvalue weighted by Crippen LogP contribution is -2.16. The SMILES string of the molecule is Cn1nc(C(F)(F)F)cc1-c1ccc(N(C=O)c2ccc(F)cc2F)cc1F. The molecule has 0 saturated heterocycles. The van der Waals surface area contributed by atoms with E-state index in [9.17, 15) is 31.1 Å². The molecular weight excluding hydrogens is 388 g/mol. The Morgan fingerprint density at radius 3 is 2.25 bits per heavy atom. The predicted molar refractivity (Wildman–Crippen MR) is 88.2 cm³/mol. The summed E-state index contributed by atoms with van der Waals surface area (Å²) in [4.78, 5) is 12.1. The van der Waals surface area contributed by atoms with Gasteiger partial charge in [-0.2, -0.15) is 18.3 Å². The molecule has 0 saturated carbocycles. The van der Waals surface area contributed by atoms with Crippen LogP contribution in [0, 0.1) is 17.5 Å². The summed E-state index contributed by atoms with van der Waals surface area (Å²) >= 11 is 0. The number of hydrogen-bond donors (Lipinski definition) is 0. The summed E-state index contributed by atoms with van der Waals surface area (Å²) < 4.78 is 80.8. The van der Waals surface area contributed by atoms with Gasteiger partial charge in [0.1, 0.15) is 17.5 Å². The number of nitrogens with zero attached hydrogens (tertiary/aromatic N) is 3. The van der Waals surface area contributed by atoms with Crippen LogP contribution in [0.1, 0.15) is 5.69 Å². The molecule has 0 spiro atoms. The Bertz CT molecular complexity index is 1040.